The number of hydrogen-bond donors (Lipinski definition) is 2. The fraction of sp³-hybridized carbons (Fsp3) is 0.600. The van der Waals surface area contributed by atoms with Gasteiger partial charge in [-0.25, -0.2) is 0 Å². The maximum Gasteiger partial charge on any atom is 0.320 e. The van der Waals surface area contributed by atoms with Gasteiger partial charge in [0.2, 0.25) is 5.91 Å². The van der Waals surface area contributed by atoms with Crippen LogP contribution >= 0.6 is 0 Å². The Kier molecular flexibility index (Phi) is 6.94. The van der Waals surface area contributed by atoms with Gasteiger partial charge in [0.05, 0.1) is 12.8 Å². The first-order chi connectivity index (χ1) is 9.97. The molecule has 1 amide bonds. The Morgan fingerprint density at radius 3 is 2.71 bits per heavy atom. The molecule has 2 atom stereocenters. The van der Waals surface area contributed by atoms with Crippen molar-refractivity contribution in [1.29, 1.82) is 0 Å². The maximum absolute atomic E-state index is 11.3. The van der Waals surface area contributed by atoms with Gasteiger partial charge in [-0.1, -0.05) is 12.2 Å². The minimum atomic E-state index is -0.793. The third kappa shape index (κ3) is 5.59. The number of carboxylic acids is 1. The van der Waals surface area contributed by atoms with Crippen molar-refractivity contribution in [2.24, 2.45) is 5.92 Å². The van der Waals surface area contributed by atoms with Crippen LogP contribution in [0.15, 0.2) is 24.1 Å². The molecule has 118 valence electrons. The number of nitrogens with zero attached hydrogens (tertiary/aromatic N) is 1. The lowest BCUT2D eigenvalue weighted by Crippen LogP contribution is -2.37. The SMILES string of the molecule is CC=CC1CC(C(=O)O)N(CCC(=COC)NC(C)=O)C1. The van der Waals surface area contributed by atoms with Gasteiger partial charge in [0, 0.05) is 26.4 Å². The number of hydrogen-bond acceptors (Lipinski definition) is 4. The molecule has 0 aliphatic carbocycles. The lowest BCUT2D eigenvalue weighted by Gasteiger charge is -2.21. The molecule has 6 nitrogen and oxygen atoms in total. The standard InChI is InChI=1S/C15H24N2O4/c1-4-5-12-8-14(15(19)20)17(9-12)7-6-13(10-21-3)16-11(2)18/h4-5,10,12,14H,6-9H2,1-3H3,(H,16,18)(H,19,20). The summed E-state index contributed by atoms with van der Waals surface area (Å²) in [7, 11) is 1.51. The van der Waals surface area contributed by atoms with Crippen molar-refractivity contribution in [3.63, 3.8) is 0 Å². The van der Waals surface area contributed by atoms with Crippen LogP contribution in [-0.2, 0) is 14.3 Å². The van der Waals surface area contributed by atoms with E-state index in [4.69, 9.17) is 4.74 Å². The highest BCUT2D eigenvalue weighted by molar-refractivity contribution is 5.75. The highest BCUT2D eigenvalue weighted by Gasteiger charge is 2.35. The summed E-state index contributed by atoms with van der Waals surface area (Å²) >= 11 is 0. The molecule has 0 aromatic carbocycles. The molecule has 21 heavy (non-hydrogen) atoms. The predicted molar refractivity (Wildman–Crippen MR) is 79.4 cm³/mol. The van der Waals surface area contributed by atoms with Crippen molar-refractivity contribution >= 4 is 11.9 Å². The normalized spacial score (nSPS) is 23.5. The molecule has 1 rings (SSSR count). The van der Waals surface area contributed by atoms with Gasteiger partial charge in [-0.05, 0) is 19.3 Å². The third-order valence-corrected chi connectivity index (χ3v) is 3.45. The predicted octanol–water partition coefficient (Wildman–Crippen LogP) is 1.35. The summed E-state index contributed by atoms with van der Waals surface area (Å²) in [5.41, 5.74) is 0.656. The van der Waals surface area contributed by atoms with Crippen LogP contribution < -0.4 is 5.32 Å². The molecule has 0 saturated carbocycles. The van der Waals surface area contributed by atoms with E-state index >= 15 is 0 Å². The van der Waals surface area contributed by atoms with E-state index in [-0.39, 0.29) is 11.8 Å². The van der Waals surface area contributed by atoms with Gasteiger partial charge in [0.1, 0.15) is 12.3 Å². The van der Waals surface area contributed by atoms with Crippen molar-refractivity contribution in [3.8, 4) is 0 Å². The second-order valence-corrected chi connectivity index (χ2v) is 5.18. The third-order valence-electron chi connectivity index (χ3n) is 3.45. The molecule has 0 bridgehead atoms. The summed E-state index contributed by atoms with van der Waals surface area (Å²) in [6.45, 7) is 4.66. The molecule has 2 N–H and O–H groups in total. The molecule has 1 heterocycles. The average molecular weight is 296 g/mol. The number of methoxy groups -OCH3 is 1. The quantitative estimate of drug-likeness (QED) is 0.548. The Morgan fingerprint density at radius 1 is 1.48 bits per heavy atom. The summed E-state index contributed by atoms with van der Waals surface area (Å²) in [5, 5.41) is 12.0. The average Bonchev–Trinajstić information content (AvgIpc) is 2.79. The number of ether oxygens (including phenoxy) is 1. The molecule has 2 unspecified atom stereocenters. The fourth-order valence-electron chi connectivity index (χ4n) is 2.64. The van der Waals surface area contributed by atoms with Gasteiger partial charge in [-0.15, -0.1) is 0 Å². The van der Waals surface area contributed by atoms with Crippen LogP contribution in [0.5, 0.6) is 0 Å². The Labute approximate surface area is 125 Å². The van der Waals surface area contributed by atoms with E-state index in [1.807, 2.05) is 17.9 Å². The van der Waals surface area contributed by atoms with E-state index in [9.17, 15) is 14.7 Å². The molecule has 1 saturated heterocycles. The van der Waals surface area contributed by atoms with Crippen LogP contribution in [0.25, 0.3) is 0 Å². The number of carbonyl (C=O) groups excluding carboxylic acids is 1. The number of amides is 1. The van der Waals surface area contributed by atoms with Gasteiger partial charge in [0.25, 0.3) is 0 Å². The highest BCUT2D eigenvalue weighted by Crippen LogP contribution is 2.25. The molecule has 1 aliphatic heterocycles. The molecule has 6 heteroatoms. The van der Waals surface area contributed by atoms with E-state index in [2.05, 4.69) is 11.4 Å². The van der Waals surface area contributed by atoms with Gasteiger partial charge < -0.3 is 15.2 Å². The zero-order chi connectivity index (χ0) is 15.8. The number of aliphatic carboxylic acids is 1. The van der Waals surface area contributed by atoms with Crippen molar-refractivity contribution in [2.45, 2.75) is 32.7 Å². The zero-order valence-electron chi connectivity index (χ0n) is 12.8. The first kappa shape index (κ1) is 17.2. The van der Waals surface area contributed by atoms with Crippen molar-refractivity contribution < 1.29 is 19.4 Å². The monoisotopic (exact) mass is 296 g/mol. The first-order valence-corrected chi connectivity index (χ1v) is 7.07. The van der Waals surface area contributed by atoms with Crippen molar-refractivity contribution in [1.82, 2.24) is 10.2 Å². The van der Waals surface area contributed by atoms with Gasteiger partial charge in [-0.3, -0.25) is 14.5 Å². The summed E-state index contributed by atoms with van der Waals surface area (Å²) < 4.78 is 4.93. The topological polar surface area (TPSA) is 78.9 Å². The Hall–Kier alpha value is -1.82. The van der Waals surface area contributed by atoms with E-state index in [0.717, 1.165) is 6.54 Å². The maximum atomic E-state index is 11.3. The Balaban J connectivity index is 2.64. The molecule has 1 fully saturated rings. The molecule has 0 aromatic heterocycles. The number of rotatable bonds is 7. The zero-order valence-corrected chi connectivity index (χ0v) is 12.8. The first-order valence-electron chi connectivity index (χ1n) is 7.07. The molecular formula is C15H24N2O4. The number of allylic oxidation sites excluding steroid dienone is 1. The van der Waals surface area contributed by atoms with Gasteiger partial charge >= 0.3 is 5.97 Å². The van der Waals surface area contributed by atoms with E-state index in [1.165, 1.54) is 20.3 Å². The number of likely N-dealkylation sites (tertiary alicyclic amines) is 1. The lowest BCUT2D eigenvalue weighted by atomic mass is 10.1. The lowest BCUT2D eigenvalue weighted by molar-refractivity contribution is -0.142. The van der Waals surface area contributed by atoms with Gasteiger partial charge in [-0.2, -0.15) is 0 Å². The molecular weight excluding hydrogens is 272 g/mol. The van der Waals surface area contributed by atoms with Crippen LogP contribution in [0.4, 0.5) is 0 Å². The summed E-state index contributed by atoms with van der Waals surface area (Å²) in [5.74, 6) is -0.688. The summed E-state index contributed by atoms with van der Waals surface area (Å²) in [6, 6.07) is -0.465. The highest BCUT2D eigenvalue weighted by atomic mass is 16.5. The van der Waals surface area contributed by atoms with Gasteiger partial charge in [0.15, 0.2) is 0 Å². The van der Waals surface area contributed by atoms with E-state index in [0.29, 0.717) is 25.1 Å². The van der Waals surface area contributed by atoms with Crippen LogP contribution in [-0.4, -0.2) is 48.1 Å². The Bertz CT molecular complexity index is 431. The van der Waals surface area contributed by atoms with Crippen LogP contribution in [0.3, 0.4) is 0 Å². The summed E-state index contributed by atoms with van der Waals surface area (Å²) in [6.07, 6.45) is 6.66. The smallest absolute Gasteiger partial charge is 0.320 e. The van der Waals surface area contributed by atoms with Crippen LogP contribution in [0, 0.1) is 5.92 Å². The molecule has 0 spiro atoms. The molecule has 0 aromatic rings. The number of nitrogens with one attached hydrogen (secondary N) is 1. The Morgan fingerprint density at radius 2 is 2.19 bits per heavy atom. The molecule has 0 radical (unpaired) electrons. The number of carbonyl (C=O) groups is 2. The minimum Gasteiger partial charge on any atom is -0.503 e. The molecule has 1 aliphatic rings. The second-order valence-electron chi connectivity index (χ2n) is 5.18. The van der Waals surface area contributed by atoms with Crippen LogP contribution in [0.2, 0.25) is 0 Å². The van der Waals surface area contributed by atoms with Crippen molar-refractivity contribution in [2.75, 3.05) is 20.2 Å². The summed E-state index contributed by atoms with van der Waals surface area (Å²) in [4.78, 5) is 24.4. The number of carboxylic acid groups (broad SMARTS) is 1. The largest absolute Gasteiger partial charge is 0.503 e. The van der Waals surface area contributed by atoms with Crippen molar-refractivity contribution in [3.05, 3.63) is 24.1 Å². The van der Waals surface area contributed by atoms with E-state index in [1.54, 1.807) is 0 Å². The second kappa shape index (κ2) is 8.46. The fourth-order valence-corrected chi connectivity index (χ4v) is 2.64. The minimum absolute atomic E-state index is 0.165. The van der Waals surface area contributed by atoms with E-state index < -0.39 is 12.0 Å². The van der Waals surface area contributed by atoms with Crippen LogP contribution in [0.1, 0.15) is 26.7 Å².